The van der Waals surface area contributed by atoms with E-state index in [4.69, 9.17) is 9.47 Å². The van der Waals surface area contributed by atoms with Crippen LogP contribution in [-0.2, 0) is 9.47 Å². The highest BCUT2D eigenvalue weighted by atomic mass is 16.7. The molecule has 0 spiro atoms. The number of unbranched alkanes of at least 4 members (excludes halogenated alkanes) is 2. The maximum atomic E-state index is 5.19. The quantitative estimate of drug-likeness (QED) is 0.400. The van der Waals surface area contributed by atoms with Gasteiger partial charge in [-0.25, -0.2) is 0 Å². The molecular formula is C13H18O2. The van der Waals surface area contributed by atoms with Crippen molar-refractivity contribution in [3.05, 3.63) is 24.3 Å². The molecule has 2 nitrogen and oxygen atoms in total. The summed E-state index contributed by atoms with van der Waals surface area (Å²) in [6.45, 7) is 7.12. The van der Waals surface area contributed by atoms with Gasteiger partial charge in [-0.2, -0.15) is 0 Å². The molecule has 15 heavy (non-hydrogen) atoms. The van der Waals surface area contributed by atoms with Crippen molar-refractivity contribution in [1.29, 1.82) is 0 Å². The zero-order chi connectivity index (χ0) is 10.9. The molecule has 0 amide bonds. The van der Waals surface area contributed by atoms with E-state index in [1.165, 1.54) is 0 Å². The van der Waals surface area contributed by atoms with Gasteiger partial charge in [-0.1, -0.05) is 30.2 Å². The van der Waals surface area contributed by atoms with Gasteiger partial charge in [-0.15, -0.1) is 0 Å². The summed E-state index contributed by atoms with van der Waals surface area (Å²) >= 11 is 0. The number of allylic oxidation sites excluding steroid dienone is 3. The molecule has 0 unspecified atom stereocenters. The summed E-state index contributed by atoms with van der Waals surface area (Å²) in [7, 11) is 0. The number of rotatable bonds is 4. The molecule has 0 bridgehead atoms. The van der Waals surface area contributed by atoms with Gasteiger partial charge in [0, 0.05) is 6.42 Å². The van der Waals surface area contributed by atoms with Crippen LogP contribution in [0.1, 0.15) is 26.2 Å². The number of hydrogen-bond acceptors (Lipinski definition) is 2. The zero-order valence-corrected chi connectivity index (χ0v) is 9.29. The van der Waals surface area contributed by atoms with Crippen molar-refractivity contribution in [3.8, 4) is 11.8 Å². The predicted octanol–water partition coefficient (Wildman–Crippen LogP) is 2.67. The predicted molar refractivity (Wildman–Crippen MR) is 61.3 cm³/mol. The number of hydrogen-bond donors (Lipinski definition) is 0. The molecule has 0 radical (unpaired) electrons. The summed E-state index contributed by atoms with van der Waals surface area (Å²) < 4.78 is 10.4. The fourth-order valence-corrected chi connectivity index (χ4v) is 1.19. The Morgan fingerprint density at radius 1 is 1.47 bits per heavy atom. The number of ether oxygens (including phenoxy) is 2. The molecule has 0 aliphatic carbocycles. The largest absolute Gasteiger partial charge is 0.340 e. The summed E-state index contributed by atoms with van der Waals surface area (Å²) in [4.78, 5) is 0. The first-order valence-corrected chi connectivity index (χ1v) is 5.32. The molecule has 1 fully saturated rings. The summed E-state index contributed by atoms with van der Waals surface area (Å²) in [5.41, 5.74) is 1.09. The van der Waals surface area contributed by atoms with Crippen LogP contribution < -0.4 is 0 Å². The monoisotopic (exact) mass is 206 g/mol. The molecule has 0 aromatic rings. The van der Waals surface area contributed by atoms with E-state index in [2.05, 4.69) is 24.5 Å². The molecule has 1 aliphatic rings. The van der Waals surface area contributed by atoms with E-state index in [9.17, 15) is 0 Å². The summed E-state index contributed by atoms with van der Waals surface area (Å²) in [5, 5.41) is 0. The van der Waals surface area contributed by atoms with Crippen LogP contribution in [0.4, 0.5) is 0 Å². The van der Waals surface area contributed by atoms with Gasteiger partial charge in [0.25, 0.3) is 0 Å². The second kappa shape index (κ2) is 7.28. The molecule has 1 heterocycles. The fraction of sp³-hybridized carbons (Fsp3) is 0.538. The molecule has 0 aromatic carbocycles. The average molecular weight is 206 g/mol. The van der Waals surface area contributed by atoms with Crippen LogP contribution in [-0.4, -0.2) is 19.5 Å². The topological polar surface area (TPSA) is 18.5 Å². The minimum Gasteiger partial charge on any atom is -0.340 e. The van der Waals surface area contributed by atoms with E-state index in [1.807, 2.05) is 13.0 Å². The Balaban J connectivity index is 2.02. The van der Waals surface area contributed by atoms with Crippen LogP contribution in [0.5, 0.6) is 0 Å². The van der Waals surface area contributed by atoms with Crippen molar-refractivity contribution in [2.24, 2.45) is 0 Å². The lowest BCUT2D eigenvalue weighted by Crippen LogP contribution is -2.02. The molecule has 82 valence electrons. The minimum absolute atomic E-state index is 0.282. The first kappa shape index (κ1) is 12.0. The van der Waals surface area contributed by atoms with Gasteiger partial charge in [-0.05, 0) is 25.7 Å². The van der Waals surface area contributed by atoms with Crippen molar-refractivity contribution in [2.75, 3.05) is 13.2 Å². The third-order valence-corrected chi connectivity index (χ3v) is 1.92. The van der Waals surface area contributed by atoms with E-state index in [0.717, 1.165) is 24.8 Å². The van der Waals surface area contributed by atoms with Crippen LogP contribution in [0.3, 0.4) is 0 Å². The summed E-state index contributed by atoms with van der Waals surface area (Å²) in [6.07, 6.45) is 6.90. The summed E-state index contributed by atoms with van der Waals surface area (Å²) in [6, 6.07) is 0. The molecule has 1 saturated heterocycles. The Hall–Kier alpha value is -1.04. The van der Waals surface area contributed by atoms with E-state index >= 15 is 0 Å². The third-order valence-electron chi connectivity index (χ3n) is 1.92. The second-order valence-corrected chi connectivity index (χ2v) is 3.54. The molecular weight excluding hydrogens is 188 g/mol. The van der Waals surface area contributed by atoms with Crippen LogP contribution in [0.15, 0.2) is 24.3 Å². The standard InChI is InChI=1S/C13H18O2/c1-12(2)8-6-4-3-5-7-9-13-14-10-11-15-13/h6,8,13H,1,3-5,10-11H2,2H3/b8-6+. The lowest BCUT2D eigenvalue weighted by Gasteiger charge is -1.96. The van der Waals surface area contributed by atoms with Gasteiger partial charge in [0.2, 0.25) is 6.29 Å². The third kappa shape index (κ3) is 6.11. The van der Waals surface area contributed by atoms with Crippen LogP contribution in [0, 0.1) is 11.8 Å². The first-order chi connectivity index (χ1) is 7.29. The van der Waals surface area contributed by atoms with Gasteiger partial charge in [0.05, 0.1) is 13.2 Å². The molecule has 1 aliphatic heterocycles. The van der Waals surface area contributed by atoms with Crippen molar-refractivity contribution in [3.63, 3.8) is 0 Å². The Labute approximate surface area is 92.0 Å². The van der Waals surface area contributed by atoms with Crippen molar-refractivity contribution in [1.82, 2.24) is 0 Å². The van der Waals surface area contributed by atoms with E-state index < -0.39 is 0 Å². The Morgan fingerprint density at radius 2 is 2.20 bits per heavy atom. The Kier molecular flexibility index (Phi) is 5.84. The van der Waals surface area contributed by atoms with E-state index in [1.54, 1.807) is 0 Å². The fourth-order valence-electron chi connectivity index (χ4n) is 1.19. The molecule has 0 N–H and O–H groups in total. The van der Waals surface area contributed by atoms with Gasteiger partial charge < -0.3 is 9.47 Å². The smallest absolute Gasteiger partial charge is 0.222 e. The van der Waals surface area contributed by atoms with E-state index in [-0.39, 0.29) is 6.29 Å². The molecule has 1 rings (SSSR count). The molecule has 0 aromatic heterocycles. The average Bonchev–Trinajstić information content (AvgIpc) is 2.68. The van der Waals surface area contributed by atoms with Crippen LogP contribution >= 0.6 is 0 Å². The molecule has 2 heteroatoms. The highest BCUT2D eigenvalue weighted by Gasteiger charge is 2.11. The molecule has 0 saturated carbocycles. The Morgan fingerprint density at radius 3 is 2.87 bits per heavy atom. The van der Waals surface area contributed by atoms with Gasteiger partial charge >= 0.3 is 0 Å². The Bertz CT molecular complexity index is 275. The van der Waals surface area contributed by atoms with Gasteiger partial charge in [0.1, 0.15) is 0 Å². The highest BCUT2D eigenvalue weighted by molar-refractivity contribution is 5.10. The maximum absolute atomic E-state index is 5.19. The zero-order valence-electron chi connectivity index (χ0n) is 9.29. The highest BCUT2D eigenvalue weighted by Crippen LogP contribution is 2.02. The first-order valence-electron chi connectivity index (χ1n) is 5.32. The SMILES string of the molecule is C=C(C)/C=C/CCCC#CC1OCCO1. The second-order valence-electron chi connectivity index (χ2n) is 3.54. The van der Waals surface area contributed by atoms with E-state index in [0.29, 0.717) is 13.2 Å². The summed E-state index contributed by atoms with van der Waals surface area (Å²) in [5.74, 6) is 6.00. The van der Waals surface area contributed by atoms with Crippen LogP contribution in [0.2, 0.25) is 0 Å². The van der Waals surface area contributed by atoms with Gasteiger partial charge in [-0.3, -0.25) is 0 Å². The maximum Gasteiger partial charge on any atom is 0.222 e. The lowest BCUT2D eigenvalue weighted by atomic mass is 10.2. The normalized spacial score (nSPS) is 16.6. The lowest BCUT2D eigenvalue weighted by molar-refractivity contribution is 0.00638. The van der Waals surface area contributed by atoms with Crippen molar-refractivity contribution < 1.29 is 9.47 Å². The van der Waals surface area contributed by atoms with Crippen molar-refractivity contribution in [2.45, 2.75) is 32.5 Å². The van der Waals surface area contributed by atoms with Gasteiger partial charge in [0.15, 0.2) is 0 Å². The van der Waals surface area contributed by atoms with Crippen LogP contribution in [0.25, 0.3) is 0 Å². The van der Waals surface area contributed by atoms with Crippen molar-refractivity contribution >= 4 is 0 Å². The molecule has 0 atom stereocenters. The minimum atomic E-state index is -0.282.